The third-order valence-corrected chi connectivity index (χ3v) is 6.68. The Morgan fingerprint density at radius 1 is 1.16 bits per heavy atom. The van der Waals surface area contributed by atoms with Crippen molar-refractivity contribution in [1.82, 2.24) is 15.0 Å². The van der Waals surface area contributed by atoms with Crippen molar-refractivity contribution in [2.24, 2.45) is 5.92 Å². The van der Waals surface area contributed by atoms with Gasteiger partial charge in [-0.2, -0.15) is 4.68 Å². The Bertz CT molecular complexity index is 1380. The number of hydrogen-bond acceptors (Lipinski definition) is 7. The minimum Gasteiger partial charge on any atom is -0.493 e. The maximum atomic E-state index is 13.1. The van der Waals surface area contributed by atoms with Crippen LogP contribution < -0.4 is 15.0 Å². The van der Waals surface area contributed by atoms with E-state index in [0.29, 0.717) is 32.4 Å². The molecule has 2 heterocycles. The highest BCUT2D eigenvalue weighted by atomic mass is 35.5. The van der Waals surface area contributed by atoms with Gasteiger partial charge in [0.2, 0.25) is 0 Å². The van der Waals surface area contributed by atoms with Gasteiger partial charge in [0.25, 0.3) is 5.56 Å². The highest BCUT2D eigenvalue weighted by molar-refractivity contribution is 7.22. The predicted molar refractivity (Wildman–Crippen MR) is 123 cm³/mol. The SMILES string of the molecule is COc1cc(-n2nnc3cc(-c4ccc(Cl)cc4)sc3c2=O)ccc1OCC(=O)C1CC1. The van der Waals surface area contributed by atoms with Crippen molar-refractivity contribution in [1.29, 1.82) is 0 Å². The van der Waals surface area contributed by atoms with E-state index in [1.165, 1.54) is 23.1 Å². The quantitative estimate of drug-likeness (QED) is 0.397. The summed E-state index contributed by atoms with van der Waals surface area (Å²) in [6.07, 6.45) is 1.87. The van der Waals surface area contributed by atoms with Crippen LogP contribution in [-0.4, -0.2) is 34.5 Å². The monoisotopic (exact) mass is 467 g/mol. The Hall–Kier alpha value is -3.23. The first-order chi connectivity index (χ1) is 15.5. The molecule has 2 aromatic heterocycles. The Morgan fingerprint density at radius 2 is 1.94 bits per heavy atom. The second kappa shape index (κ2) is 8.37. The lowest BCUT2D eigenvalue weighted by Gasteiger charge is -2.12. The molecule has 5 rings (SSSR count). The van der Waals surface area contributed by atoms with Gasteiger partial charge >= 0.3 is 0 Å². The molecule has 0 amide bonds. The molecule has 0 aliphatic heterocycles. The summed E-state index contributed by atoms with van der Waals surface area (Å²) >= 11 is 7.32. The summed E-state index contributed by atoms with van der Waals surface area (Å²) in [5.41, 5.74) is 1.70. The number of Topliss-reactive ketones (excluding diaryl/α,β-unsaturated/α-hetero) is 1. The minimum absolute atomic E-state index is 0.00869. The molecular formula is C23H18ClN3O4S. The molecule has 0 spiro atoms. The van der Waals surface area contributed by atoms with Gasteiger partial charge in [-0.3, -0.25) is 9.59 Å². The fourth-order valence-corrected chi connectivity index (χ4v) is 4.49. The van der Waals surface area contributed by atoms with Gasteiger partial charge in [0.1, 0.15) is 16.8 Å². The van der Waals surface area contributed by atoms with Gasteiger partial charge in [0.05, 0.1) is 12.8 Å². The molecule has 1 saturated carbocycles. The molecule has 1 fully saturated rings. The van der Waals surface area contributed by atoms with Crippen molar-refractivity contribution in [2.75, 3.05) is 13.7 Å². The van der Waals surface area contributed by atoms with E-state index >= 15 is 0 Å². The smallest absolute Gasteiger partial charge is 0.292 e. The standard InChI is InChI=1S/C23H18ClN3O4S/c1-30-20-10-16(8-9-19(20)31-12-18(28)13-2-3-13)27-23(29)22-17(25-26-27)11-21(32-22)14-4-6-15(24)7-5-14/h4-11,13H,2-3,12H2,1H3. The third kappa shape index (κ3) is 3.99. The molecule has 0 atom stereocenters. The number of rotatable bonds is 7. The summed E-state index contributed by atoms with van der Waals surface area (Å²) < 4.78 is 12.8. The molecule has 1 aliphatic rings. The fraction of sp³-hybridized carbons (Fsp3) is 0.217. The van der Waals surface area contributed by atoms with E-state index in [-0.39, 0.29) is 23.9 Å². The van der Waals surface area contributed by atoms with E-state index < -0.39 is 0 Å². The largest absolute Gasteiger partial charge is 0.493 e. The van der Waals surface area contributed by atoms with Crippen LogP contribution in [0.2, 0.25) is 5.02 Å². The summed E-state index contributed by atoms with van der Waals surface area (Å²) in [5, 5.41) is 8.97. The highest BCUT2D eigenvalue weighted by Crippen LogP contribution is 2.33. The molecular weight excluding hydrogens is 450 g/mol. The lowest BCUT2D eigenvalue weighted by atomic mass is 10.2. The van der Waals surface area contributed by atoms with Crippen molar-refractivity contribution in [3.05, 3.63) is 63.9 Å². The molecule has 4 aromatic rings. The van der Waals surface area contributed by atoms with Gasteiger partial charge < -0.3 is 9.47 Å². The Kier molecular flexibility index (Phi) is 5.40. The van der Waals surface area contributed by atoms with Crippen LogP contribution in [0.3, 0.4) is 0 Å². The zero-order valence-electron chi connectivity index (χ0n) is 17.1. The first-order valence-corrected chi connectivity index (χ1v) is 11.2. The number of benzene rings is 2. The molecule has 0 radical (unpaired) electrons. The lowest BCUT2D eigenvalue weighted by Crippen LogP contribution is -2.21. The highest BCUT2D eigenvalue weighted by Gasteiger charge is 2.29. The number of carbonyl (C=O) groups is 1. The first-order valence-electron chi connectivity index (χ1n) is 10.0. The topological polar surface area (TPSA) is 83.3 Å². The average molecular weight is 468 g/mol. The van der Waals surface area contributed by atoms with Gasteiger partial charge in [-0.1, -0.05) is 28.9 Å². The number of carbonyl (C=O) groups excluding carboxylic acids is 1. The molecule has 2 aromatic carbocycles. The molecule has 7 nitrogen and oxygen atoms in total. The van der Waals surface area contributed by atoms with Crippen LogP contribution in [0.4, 0.5) is 0 Å². The van der Waals surface area contributed by atoms with E-state index in [1.54, 1.807) is 30.3 Å². The summed E-state index contributed by atoms with van der Waals surface area (Å²) in [6.45, 7) is 0.00869. The van der Waals surface area contributed by atoms with E-state index in [0.717, 1.165) is 23.3 Å². The normalized spacial score (nSPS) is 13.3. The van der Waals surface area contributed by atoms with E-state index in [9.17, 15) is 9.59 Å². The fourth-order valence-electron chi connectivity index (χ4n) is 3.34. The van der Waals surface area contributed by atoms with Gasteiger partial charge in [0.15, 0.2) is 17.3 Å². The maximum absolute atomic E-state index is 13.1. The number of aromatic nitrogens is 3. The summed E-state index contributed by atoms with van der Waals surface area (Å²) in [7, 11) is 1.50. The van der Waals surface area contributed by atoms with Gasteiger partial charge in [-0.15, -0.1) is 16.4 Å². The number of methoxy groups -OCH3 is 1. The third-order valence-electron chi connectivity index (χ3n) is 5.26. The Balaban J connectivity index is 1.47. The van der Waals surface area contributed by atoms with E-state index in [4.69, 9.17) is 21.1 Å². The van der Waals surface area contributed by atoms with Crippen LogP contribution in [0.25, 0.3) is 26.3 Å². The molecule has 0 N–H and O–H groups in total. The van der Waals surface area contributed by atoms with Crippen LogP contribution in [0.1, 0.15) is 12.8 Å². The predicted octanol–water partition coefficient (Wildman–Crippen LogP) is 4.53. The Labute approximate surface area is 192 Å². The molecule has 0 unspecified atom stereocenters. The molecule has 1 aliphatic carbocycles. The summed E-state index contributed by atoms with van der Waals surface area (Å²) in [4.78, 5) is 26.0. The Morgan fingerprint density at radius 3 is 2.66 bits per heavy atom. The first kappa shape index (κ1) is 20.7. The van der Waals surface area contributed by atoms with Crippen LogP contribution in [-0.2, 0) is 4.79 Å². The van der Waals surface area contributed by atoms with E-state index in [1.807, 2.05) is 18.2 Å². The average Bonchev–Trinajstić information content (AvgIpc) is 3.57. The molecule has 32 heavy (non-hydrogen) atoms. The molecule has 0 saturated heterocycles. The van der Waals surface area contributed by atoms with E-state index in [2.05, 4.69) is 10.3 Å². The number of thiophene rings is 1. The van der Waals surface area contributed by atoms with Crippen molar-refractivity contribution in [3.63, 3.8) is 0 Å². The maximum Gasteiger partial charge on any atom is 0.292 e. The van der Waals surface area contributed by atoms with Crippen molar-refractivity contribution in [3.8, 4) is 27.6 Å². The number of nitrogens with zero attached hydrogens (tertiary/aromatic N) is 3. The number of ether oxygens (including phenoxy) is 2. The second-order valence-corrected chi connectivity index (χ2v) is 8.99. The van der Waals surface area contributed by atoms with Crippen molar-refractivity contribution >= 4 is 38.9 Å². The number of hydrogen-bond donors (Lipinski definition) is 0. The second-order valence-electron chi connectivity index (χ2n) is 7.50. The van der Waals surface area contributed by atoms with Crippen LogP contribution >= 0.6 is 22.9 Å². The number of ketones is 1. The van der Waals surface area contributed by atoms with Gasteiger partial charge in [-0.25, -0.2) is 0 Å². The summed E-state index contributed by atoms with van der Waals surface area (Å²) in [6, 6.07) is 14.3. The van der Waals surface area contributed by atoms with Gasteiger partial charge in [0, 0.05) is 21.9 Å². The lowest BCUT2D eigenvalue weighted by molar-refractivity contribution is -0.122. The zero-order chi connectivity index (χ0) is 22.2. The van der Waals surface area contributed by atoms with Crippen LogP contribution in [0.5, 0.6) is 11.5 Å². The number of fused-ring (bicyclic) bond motifs is 1. The number of halogens is 1. The summed E-state index contributed by atoms with van der Waals surface area (Å²) in [5.74, 6) is 1.07. The minimum atomic E-state index is -0.278. The van der Waals surface area contributed by atoms with Crippen molar-refractivity contribution < 1.29 is 14.3 Å². The molecule has 9 heteroatoms. The van der Waals surface area contributed by atoms with Crippen LogP contribution in [0.15, 0.2) is 53.3 Å². The van der Waals surface area contributed by atoms with Crippen molar-refractivity contribution in [2.45, 2.75) is 12.8 Å². The van der Waals surface area contributed by atoms with Gasteiger partial charge in [-0.05, 0) is 48.7 Å². The van der Waals surface area contributed by atoms with Crippen LogP contribution in [0, 0.1) is 5.92 Å². The molecule has 0 bridgehead atoms. The molecule has 162 valence electrons. The zero-order valence-corrected chi connectivity index (χ0v) is 18.7.